The molecule has 1 aromatic carbocycles. The number of carbonyl (C=O) groups excluding carboxylic acids is 1. The lowest BCUT2D eigenvalue weighted by Crippen LogP contribution is -2.40. The van der Waals surface area contributed by atoms with E-state index in [1.54, 1.807) is 36.3 Å². The Kier molecular flexibility index (Phi) is 5.48. The molecule has 1 unspecified atom stereocenters. The molecule has 1 aliphatic rings. The number of aromatic nitrogens is 4. The molecule has 3 heterocycles. The minimum absolute atomic E-state index is 0.0334. The van der Waals surface area contributed by atoms with Gasteiger partial charge in [0, 0.05) is 58.1 Å². The van der Waals surface area contributed by atoms with Crippen molar-refractivity contribution < 1.29 is 9.18 Å². The first kappa shape index (κ1) is 20.0. The second-order valence-corrected chi connectivity index (χ2v) is 7.80. The first-order valence-electron chi connectivity index (χ1n) is 10.0. The standard InChI is InChI=1S/C22H25FN6O/c1-27(2)22-24-13-18(15-6-4-8-17(23)12-15)20(26-22)16-7-5-11-29(14-16)21(30)19-9-10-25-28(19)3/h4,6,8-10,12-13,16H,5,7,11,14H2,1-3H3. The van der Waals surface area contributed by atoms with E-state index in [0.29, 0.717) is 24.7 Å². The third-order valence-electron chi connectivity index (χ3n) is 5.48. The van der Waals surface area contributed by atoms with E-state index < -0.39 is 0 Å². The summed E-state index contributed by atoms with van der Waals surface area (Å²) in [6, 6.07) is 8.21. The van der Waals surface area contributed by atoms with E-state index in [-0.39, 0.29) is 17.6 Å². The minimum atomic E-state index is -0.299. The van der Waals surface area contributed by atoms with E-state index in [4.69, 9.17) is 4.98 Å². The number of amides is 1. The normalized spacial score (nSPS) is 16.5. The van der Waals surface area contributed by atoms with Crippen molar-refractivity contribution in [3.8, 4) is 11.1 Å². The Hall–Kier alpha value is -3.29. The summed E-state index contributed by atoms with van der Waals surface area (Å²) in [6.45, 7) is 1.25. The molecule has 4 rings (SSSR count). The number of hydrogen-bond donors (Lipinski definition) is 0. The molecule has 0 saturated carbocycles. The van der Waals surface area contributed by atoms with E-state index in [0.717, 1.165) is 29.7 Å². The van der Waals surface area contributed by atoms with Gasteiger partial charge in [-0.1, -0.05) is 12.1 Å². The molecular weight excluding hydrogens is 383 g/mol. The van der Waals surface area contributed by atoms with Crippen LogP contribution in [0.25, 0.3) is 11.1 Å². The molecule has 0 bridgehead atoms. The van der Waals surface area contributed by atoms with Gasteiger partial charge in [-0.2, -0.15) is 5.10 Å². The van der Waals surface area contributed by atoms with Crippen LogP contribution in [-0.4, -0.2) is 57.7 Å². The van der Waals surface area contributed by atoms with Crippen LogP contribution in [0.2, 0.25) is 0 Å². The fraction of sp³-hybridized carbons (Fsp3) is 0.364. The summed E-state index contributed by atoms with van der Waals surface area (Å²) in [5, 5.41) is 4.11. The fourth-order valence-electron chi connectivity index (χ4n) is 3.92. The van der Waals surface area contributed by atoms with Crippen molar-refractivity contribution in [2.24, 2.45) is 7.05 Å². The van der Waals surface area contributed by atoms with E-state index in [1.165, 1.54) is 12.1 Å². The predicted octanol–water partition coefficient (Wildman–Crippen LogP) is 3.10. The van der Waals surface area contributed by atoms with Crippen LogP contribution in [0.15, 0.2) is 42.7 Å². The van der Waals surface area contributed by atoms with Crippen LogP contribution >= 0.6 is 0 Å². The molecule has 2 aromatic heterocycles. The number of benzene rings is 1. The summed E-state index contributed by atoms with van der Waals surface area (Å²) in [7, 11) is 5.55. The van der Waals surface area contributed by atoms with Crippen LogP contribution in [0.4, 0.5) is 10.3 Å². The summed E-state index contributed by atoms with van der Waals surface area (Å²) < 4.78 is 15.5. The Morgan fingerprint density at radius 2 is 2.10 bits per heavy atom. The maximum Gasteiger partial charge on any atom is 0.272 e. The number of nitrogens with zero attached hydrogens (tertiary/aromatic N) is 6. The molecule has 8 heteroatoms. The number of anilines is 1. The highest BCUT2D eigenvalue weighted by Crippen LogP contribution is 2.34. The third kappa shape index (κ3) is 3.90. The van der Waals surface area contributed by atoms with Gasteiger partial charge in [-0.3, -0.25) is 9.48 Å². The zero-order valence-electron chi connectivity index (χ0n) is 17.4. The Bertz CT molecular complexity index is 1060. The fourth-order valence-corrected chi connectivity index (χ4v) is 3.92. The summed E-state index contributed by atoms with van der Waals surface area (Å²) in [5.74, 6) is 0.303. The van der Waals surface area contributed by atoms with Crippen molar-refractivity contribution in [2.45, 2.75) is 18.8 Å². The Morgan fingerprint density at radius 1 is 1.27 bits per heavy atom. The van der Waals surface area contributed by atoms with Gasteiger partial charge in [0.25, 0.3) is 5.91 Å². The summed E-state index contributed by atoms with van der Waals surface area (Å²) in [5.41, 5.74) is 2.96. The van der Waals surface area contributed by atoms with Gasteiger partial charge < -0.3 is 9.80 Å². The lowest BCUT2D eigenvalue weighted by molar-refractivity contribution is 0.0695. The first-order chi connectivity index (χ1) is 14.4. The van der Waals surface area contributed by atoms with Crippen molar-refractivity contribution in [3.63, 3.8) is 0 Å². The van der Waals surface area contributed by atoms with Crippen molar-refractivity contribution in [3.05, 3.63) is 59.9 Å². The van der Waals surface area contributed by atoms with E-state index in [1.807, 2.05) is 30.0 Å². The molecule has 0 spiro atoms. The van der Waals surface area contributed by atoms with Crippen molar-refractivity contribution >= 4 is 11.9 Å². The number of halogens is 1. The predicted molar refractivity (Wildman–Crippen MR) is 113 cm³/mol. The number of piperidine rings is 1. The van der Waals surface area contributed by atoms with Gasteiger partial charge in [0.15, 0.2) is 0 Å². The molecule has 0 N–H and O–H groups in total. The van der Waals surface area contributed by atoms with Crippen LogP contribution in [-0.2, 0) is 7.05 Å². The van der Waals surface area contributed by atoms with Gasteiger partial charge in [0.1, 0.15) is 11.5 Å². The molecule has 3 aromatic rings. The molecule has 156 valence electrons. The maximum absolute atomic E-state index is 13.9. The van der Waals surface area contributed by atoms with E-state index in [9.17, 15) is 9.18 Å². The minimum Gasteiger partial charge on any atom is -0.347 e. The van der Waals surface area contributed by atoms with Crippen molar-refractivity contribution in [2.75, 3.05) is 32.1 Å². The topological polar surface area (TPSA) is 67.2 Å². The van der Waals surface area contributed by atoms with Gasteiger partial charge >= 0.3 is 0 Å². The highest BCUT2D eigenvalue weighted by atomic mass is 19.1. The smallest absolute Gasteiger partial charge is 0.272 e. The van der Waals surface area contributed by atoms with Crippen LogP contribution in [0, 0.1) is 5.82 Å². The average molecular weight is 408 g/mol. The number of likely N-dealkylation sites (tertiary alicyclic amines) is 1. The maximum atomic E-state index is 13.9. The molecule has 7 nitrogen and oxygen atoms in total. The van der Waals surface area contributed by atoms with Gasteiger partial charge in [-0.15, -0.1) is 0 Å². The molecule has 30 heavy (non-hydrogen) atoms. The Labute approximate surface area is 175 Å². The SMILES string of the molecule is CN(C)c1ncc(-c2cccc(F)c2)c(C2CCCN(C(=O)c3ccnn3C)C2)n1. The van der Waals surface area contributed by atoms with Crippen LogP contribution in [0.3, 0.4) is 0 Å². The molecule has 1 amide bonds. The second-order valence-electron chi connectivity index (χ2n) is 7.80. The first-order valence-corrected chi connectivity index (χ1v) is 10.0. The second kappa shape index (κ2) is 8.22. The monoisotopic (exact) mass is 408 g/mol. The molecule has 0 radical (unpaired) electrons. The number of aryl methyl sites for hydroxylation is 1. The number of carbonyl (C=O) groups is 1. The van der Waals surface area contributed by atoms with Gasteiger partial charge in [0.05, 0.1) is 5.69 Å². The van der Waals surface area contributed by atoms with Crippen LogP contribution in [0.1, 0.15) is 34.9 Å². The molecular formula is C22H25FN6O. The number of rotatable bonds is 4. The van der Waals surface area contributed by atoms with Crippen molar-refractivity contribution in [1.82, 2.24) is 24.6 Å². The largest absolute Gasteiger partial charge is 0.347 e. The Morgan fingerprint density at radius 3 is 2.80 bits per heavy atom. The third-order valence-corrected chi connectivity index (χ3v) is 5.48. The van der Waals surface area contributed by atoms with E-state index >= 15 is 0 Å². The Balaban J connectivity index is 1.70. The lowest BCUT2D eigenvalue weighted by atomic mass is 9.89. The van der Waals surface area contributed by atoms with Gasteiger partial charge in [0.2, 0.25) is 5.95 Å². The lowest BCUT2D eigenvalue weighted by Gasteiger charge is -2.33. The molecule has 1 saturated heterocycles. The van der Waals surface area contributed by atoms with Crippen LogP contribution in [0.5, 0.6) is 0 Å². The molecule has 1 aliphatic heterocycles. The van der Waals surface area contributed by atoms with Gasteiger partial charge in [-0.05, 0) is 36.6 Å². The van der Waals surface area contributed by atoms with Crippen LogP contribution < -0.4 is 4.90 Å². The quantitative estimate of drug-likeness (QED) is 0.664. The summed E-state index contributed by atoms with van der Waals surface area (Å²) in [6.07, 6.45) is 5.17. The zero-order chi connectivity index (χ0) is 21.3. The molecule has 1 atom stereocenters. The van der Waals surface area contributed by atoms with Crippen molar-refractivity contribution in [1.29, 1.82) is 0 Å². The summed E-state index contributed by atoms with van der Waals surface area (Å²) in [4.78, 5) is 26.0. The van der Waals surface area contributed by atoms with Gasteiger partial charge in [-0.25, -0.2) is 14.4 Å². The van der Waals surface area contributed by atoms with E-state index in [2.05, 4.69) is 10.1 Å². The number of hydrogen-bond acceptors (Lipinski definition) is 5. The highest BCUT2D eigenvalue weighted by molar-refractivity contribution is 5.92. The molecule has 1 fully saturated rings. The summed E-state index contributed by atoms with van der Waals surface area (Å²) >= 11 is 0. The molecule has 0 aliphatic carbocycles. The highest BCUT2D eigenvalue weighted by Gasteiger charge is 2.29. The average Bonchev–Trinajstić information content (AvgIpc) is 3.18. The zero-order valence-corrected chi connectivity index (χ0v) is 17.4.